The van der Waals surface area contributed by atoms with Crippen molar-refractivity contribution in [3.8, 4) is 11.5 Å². The third kappa shape index (κ3) is 6.41. The van der Waals surface area contributed by atoms with Crippen molar-refractivity contribution in [1.82, 2.24) is 9.80 Å². The highest BCUT2D eigenvalue weighted by Gasteiger charge is 2.46. The number of rotatable bonds is 13. The van der Waals surface area contributed by atoms with Gasteiger partial charge in [-0.15, -0.1) is 0 Å². The summed E-state index contributed by atoms with van der Waals surface area (Å²) in [7, 11) is 0. The molecule has 2 aromatic carbocycles. The van der Waals surface area contributed by atoms with Crippen LogP contribution in [0, 0.1) is 6.92 Å². The lowest BCUT2D eigenvalue weighted by Crippen LogP contribution is -2.33. The van der Waals surface area contributed by atoms with E-state index in [1.807, 2.05) is 32.0 Å². The van der Waals surface area contributed by atoms with Gasteiger partial charge in [0.2, 0.25) is 0 Å². The minimum atomic E-state index is -0.745. The van der Waals surface area contributed by atoms with E-state index < -0.39 is 17.7 Å². The molecule has 1 atom stereocenters. The second-order valence-electron chi connectivity index (χ2n) is 8.98. The molecule has 0 aromatic heterocycles. The van der Waals surface area contributed by atoms with Crippen molar-refractivity contribution < 1.29 is 24.2 Å². The Hall–Kier alpha value is -3.58. The summed E-state index contributed by atoms with van der Waals surface area (Å²) in [6, 6.07) is 11.9. The van der Waals surface area contributed by atoms with Gasteiger partial charge in [0.25, 0.3) is 11.7 Å². The molecular formula is C30H38N2O5. The van der Waals surface area contributed by atoms with Gasteiger partial charge in [-0.3, -0.25) is 9.59 Å². The minimum Gasteiger partial charge on any atom is -0.507 e. The van der Waals surface area contributed by atoms with Crippen LogP contribution in [0.15, 0.2) is 60.7 Å². The van der Waals surface area contributed by atoms with Crippen LogP contribution in [0.25, 0.3) is 5.76 Å². The van der Waals surface area contributed by atoms with Crippen LogP contribution < -0.4 is 9.47 Å². The fourth-order valence-electron chi connectivity index (χ4n) is 4.56. The van der Waals surface area contributed by atoms with Gasteiger partial charge in [-0.1, -0.05) is 62.4 Å². The lowest BCUT2D eigenvalue weighted by Gasteiger charge is -2.27. The standard InChI is InChI=1S/C30H38N2O5/c1-6-19-37-24-16-15-23(20-25(24)36-9-4)27-26(28(33)22-13-11-21(5)12-14-22)29(34)30(35)32(27)18-10-17-31(7-2)8-3/h6,11-16,20,27,33H,1,7-10,17-19H2,2-5H3/b28-26+. The molecule has 0 radical (unpaired) electrons. The van der Waals surface area contributed by atoms with Crippen LogP contribution in [0.2, 0.25) is 0 Å². The highest BCUT2D eigenvalue weighted by molar-refractivity contribution is 6.46. The van der Waals surface area contributed by atoms with Crippen LogP contribution in [0.4, 0.5) is 0 Å². The lowest BCUT2D eigenvalue weighted by molar-refractivity contribution is -0.140. The molecule has 3 rings (SSSR count). The van der Waals surface area contributed by atoms with Crippen LogP contribution in [0.5, 0.6) is 11.5 Å². The third-order valence-electron chi connectivity index (χ3n) is 6.57. The van der Waals surface area contributed by atoms with Gasteiger partial charge in [0.15, 0.2) is 11.5 Å². The van der Waals surface area contributed by atoms with E-state index >= 15 is 0 Å². The van der Waals surface area contributed by atoms with Crippen molar-refractivity contribution in [2.75, 3.05) is 39.4 Å². The van der Waals surface area contributed by atoms with E-state index in [4.69, 9.17) is 9.47 Å². The first kappa shape index (κ1) is 28.0. The highest BCUT2D eigenvalue weighted by atomic mass is 16.5. The molecule has 1 amide bonds. The van der Waals surface area contributed by atoms with Gasteiger partial charge >= 0.3 is 0 Å². The Labute approximate surface area is 220 Å². The molecule has 1 aliphatic heterocycles. The number of aliphatic hydroxyl groups is 1. The summed E-state index contributed by atoms with van der Waals surface area (Å²) in [6.45, 7) is 15.5. The van der Waals surface area contributed by atoms with Gasteiger partial charge in [-0.25, -0.2) is 0 Å². The summed E-state index contributed by atoms with van der Waals surface area (Å²) >= 11 is 0. The summed E-state index contributed by atoms with van der Waals surface area (Å²) in [5.41, 5.74) is 2.28. The van der Waals surface area contributed by atoms with Gasteiger partial charge in [-0.05, 0) is 57.6 Å². The molecule has 1 N–H and O–H groups in total. The minimum absolute atomic E-state index is 0.0823. The normalized spacial score (nSPS) is 16.9. The Morgan fingerprint density at radius 3 is 2.38 bits per heavy atom. The van der Waals surface area contributed by atoms with Crippen molar-refractivity contribution in [3.63, 3.8) is 0 Å². The number of hydrogen-bond acceptors (Lipinski definition) is 6. The predicted molar refractivity (Wildman–Crippen MR) is 146 cm³/mol. The number of benzene rings is 2. The van der Waals surface area contributed by atoms with E-state index in [1.54, 1.807) is 35.2 Å². The van der Waals surface area contributed by atoms with E-state index in [2.05, 4.69) is 25.3 Å². The highest BCUT2D eigenvalue weighted by Crippen LogP contribution is 2.42. The number of carbonyl (C=O) groups excluding carboxylic acids is 2. The second-order valence-corrected chi connectivity index (χ2v) is 8.98. The average molecular weight is 507 g/mol. The van der Waals surface area contributed by atoms with E-state index in [-0.39, 0.29) is 11.3 Å². The number of ketones is 1. The number of hydrogen-bond donors (Lipinski definition) is 1. The zero-order chi connectivity index (χ0) is 26.9. The van der Waals surface area contributed by atoms with Gasteiger partial charge in [0.1, 0.15) is 12.4 Å². The zero-order valence-corrected chi connectivity index (χ0v) is 22.3. The number of likely N-dealkylation sites (tertiary alicyclic amines) is 1. The first-order chi connectivity index (χ1) is 17.9. The first-order valence-electron chi connectivity index (χ1n) is 12.9. The predicted octanol–water partition coefficient (Wildman–Crippen LogP) is 5.11. The molecule has 1 fully saturated rings. The van der Waals surface area contributed by atoms with Crippen LogP contribution in [0.3, 0.4) is 0 Å². The summed E-state index contributed by atoms with van der Waals surface area (Å²) in [6.07, 6.45) is 2.35. The van der Waals surface area contributed by atoms with Gasteiger partial charge in [0, 0.05) is 12.1 Å². The van der Waals surface area contributed by atoms with Crippen molar-refractivity contribution >= 4 is 17.4 Å². The van der Waals surface area contributed by atoms with Gasteiger partial charge in [0.05, 0.1) is 18.2 Å². The van der Waals surface area contributed by atoms with Crippen molar-refractivity contribution in [1.29, 1.82) is 0 Å². The molecule has 2 aromatic rings. The smallest absolute Gasteiger partial charge is 0.295 e. The molecular weight excluding hydrogens is 468 g/mol. The largest absolute Gasteiger partial charge is 0.507 e. The molecule has 37 heavy (non-hydrogen) atoms. The maximum absolute atomic E-state index is 13.3. The maximum atomic E-state index is 13.3. The zero-order valence-electron chi connectivity index (χ0n) is 22.3. The summed E-state index contributed by atoms with van der Waals surface area (Å²) in [5.74, 6) is -0.424. The molecule has 1 aliphatic rings. The van der Waals surface area contributed by atoms with E-state index in [0.717, 1.165) is 25.2 Å². The van der Waals surface area contributed by atoms with E-state index in [9.17, 15) is 14.7 Å². The number of amides is 1. The van der Waals surface area contributed by atoms with Crippen LogP contribution >= 0.6 is 0 Å². The average Bonchev–Trinajstić information content (AvgIpc) is 3.15. The van der Waals surface area contributed by atoms with Crippen LogP contribution in [-0.2, 0) is 9.59 Å². The molecule has 1 heterocycles. The molecule has 7 nitrogen and oxygen atoms in total. The number of ether oxygens (including phenoxy) is 2. The first-order valence-corrected chi connectivity index (χ1v) is 12.9. The van der Waals surface area contributed by atoms with Crippen molar-refractivity contribution in [2.45, 2.75) is 40.2 Å². The summed E-state index contributed by atoms with van der Waals surface area (Å²) < 4.78 is 11.6. The Balaban J connectivity index is 2.09. The topological polar surface area (TPSA) is 79.3 Å². The number of Topliss-reactive ketones (excluding diaryl/α,β-unsaturated/α-hetero) is 1. The summed E-state index contributed by atoms with van der Waals surface area (Å²) in [4.78, 5) is 30.4. The molecule has 7 heteroatoms. The quantitative estimate of drug-likeness (QED) is 0.176. The molecule has 0 aliphatic carbocycles. The Bertz CT molecular complexity index is 1140. The SMILES string of the molecule is C=CCOc1ccc(C2/C(=C(\O)c3ccc(C)cc3)C(=O)C(=O)N2CCCN(CC)CC)cc1OCC. The molecule has 198 valence electrons. The Morgan fingerprint density at radius 2 is 1.76 bits per heavy atom. The van der Waals surface area contributed by atoms with Crippen LogP contribution in [0.1, 0.15) is 49.9 Å². The van der Waals surface area contributed by atoms with E-state index in [0.29, 0.717) is 48.8 Å². The third-order valence-corrected chi connectivity index (χ3v) is 6.57. The van der Waals surface area contributed by atoms with Crippen LogP contribution in [-0.4, -0.2) is 66.0 Å². The number of nitrogens with zero attached hydrogens (tertiary/aromatic N) is 2. The fraction of sp³-hybridized carbons (Fsp3) is 0.400. The molecule has 1 unspecified atom stereocenters. The lowest BCUT2D eigenvalue weighted by atomic mass is 9.94. The Morgan fingerprint density at radius 1 is 1.05 bits per heavy atom. The maximum Gasteiger partial charge on any atom is 0.295 e. The Kier molecular flexibility index (Phi) is 9.92. The molecule has 0 spiro atoms. The van der Waals surface area contributed by atoms with E-state index in [1.165, 1.54) is 0 Å². The molecule has 1 saturated heterocycles. The number of aryl methyl sites for hydroxylation is 1. The van der Waals surface area contributed by atoms with Gasteiger partial charge < -0.3 is 24.4 Å². The summed E-state index contributed by atoms with van der Waals surface area (Å²) in [5, 5.41) is 11.3. The second kappa shape index (κ2) is 13.1. The van der Waals surface area contributed by atoms with Gasteiger partial charge in [-0.2, -0.15) is 0 Å². The number of carbonyl (C=O) groups is 2. The monoisotopic (exact) mass is 506 g/mol. The number of aliphatic hydroxyl groups excluding tert-OH is 1. The van der Waals surface area contributed by atoms with Crippen molar-refractivity contribution in [3.05, 3.63) is 77.4 Å². The molecule has 0 saturated carbocycles. The van der Waals surface area contributed by atoms with Crippen molar-refractivity contribution in [2.24, 2.45) is 0 Å². The fourth-order valence-corrected chi connectivity index (χ4v) is 4.56. The molecule has 0 bridgehead atoms.